The minimum absolute atomic E-state index is 0.156. The van der Waals surface area contributed by atoms with Gasteiger partial charge in [-0.3, -0.25) is 0 Å². The molecule has 0 radical (unpaired) electrons. The summed E-state index contributed by atoms with van der Waals surface area (Å²) in [6.45, 7) is 4.01. The zero-order chi connectivity index (χ0) is 37.1. The maximum atomic E-state index is 11.6. The molecule has 3 nitrogen and oxygen atoms in total. The molecule has 0 amide bonds. The van der Waals surface area contributed by atoms with E-state index in [2.05, 4.69) is 148 Å². The molecule has 0 saturated heterocycles. The molecule has 8 aromatic rings. The van der Waals surface area contributed by atoms with Gasteiger partial charge in [-0.15, -0.1) is 0 Å². The van der Waals surface area contributed by atoms with E-state index in [4.69, 9.17) is 4.98 Å². The van der Waals surface area contributed by atoms with Gasteiger partial charge in [0.2, 0.25) is 0 Å². The quantitative estimate of drug-likeness (QED) is 0.0833. The summed E-state index contributed by atoms with van der Waals surface area (Å²) >= 11 is 0. The van der Waals surface area contributed by atoms with Gasteiger partial charge in [-0.1, -0.05) is 48.5 Å². The first-order valence-electron chi connectivity index (χ1n) is 18.8. The van der Waals surface area contributed by atoms with Crippen molar-refractivity contribution in [1.82, 2.24) is 9.55 Å². The van der Waals surface area contributed by atoms with Crippen LogP contribution in [0.1, 0.15) is 32.5 Å². The normalized spacial score (nSPS) is 13.6. The Hall–Kier alpha value is -6.13. The van der Waals surface area contributed by atoms with Crippen LogP contribution in [0.25, 0.3) is 83.4 Å². The number of para-hydroxylation sites is 2. The number of imidazole rings is 1. The fraction of sp³-hybridized carbons (Fsp3) is 0.0833. The Morgan fingerprint density at radius 3 is 2.02 bits per heavy atom. The number of aliphatic hydroxyl groups is 1. The number of aromatic nitrogens is 2. The van der Waals surface area contributed by atoms with Crippen LogP contribution < -0.4 is 10.4 Å². The summed E-state index contributed by atoms with van der Waals surface area (Å²) in [5.74, 6) is 0.778. The summed E-state index contributed by atoms with van der Waals surface area (Å²) in [7, 11) is 8.50. The van der Waals surface area contributed by atoms with E-state index in [0.29, 0.717) is 11.3 Å². The number of benzene rings is 7. The topological polar surface area (TPSA) is 38.1 Å². The van der Waals surface area contributed by atoms with Crippen LogP contribution in [-0.4, -0.2) is 43.3 Å². The van der Waals surface area contributed by atoms with Crippen LogP contribution in [-0.2, 0) is 0 Å². The predicted octanol–water partition coefficient (Wildman–Crippen LogP) is 7.92. The van der Waals surface area contributed by atoms with Crippen LogP contribution >= 0.6 is 0 Å². The number of hydrogen-bond acceptors (Lipinski definition) is 2. The van der Waals surface area contributed by atoms with Gasteiger partial charge in [-0.05, 0) is 16.2 Å². The maximum absolute atomic E-state index is 11.6. The standard InChI is InChI=1S/C48H39B3N2O/c1-28(45(50)29(2)49)47(54)46(51)48-52-41-24-11-12-25-42(41)53(48)32-16-13-15-31(26-32)43-36-20-7-9-22-38(36)44(39-23-10-8-21-37(39)43)40-27-30-14-3-4-17-33(30)34-18-5-6-19-35(34)40/h3-7,9,11-27,51,54H,8,10,49-50H2,1-2H3/b45-29-,47-28+. The van der Waals surface area contributed by atoms with Gasteiger partial charge >= 0.3 is 255 Å². The summed E-state index contributed by atoms with van der Waals surface area (Å²) in [6.07, 6.45) is 6.87. The first-order valence-corrected chi connectivity index (χ1v) is 18.8. The molecule has 0 fully saturated rings. The molecule has 1 heterocycles. The van der Waals surface area contributed by atoms with Crippen LogP contribution in [0.15, 0.2) is 150 Å². The fourth-order valence-corrected chi connectivity index (χ4v) is 8.40. The molecule has 6 heteroatoms. The molecule has 1 N–H and O–H groups in total. The van der Waals surface area contributed by atoms with E-state index in [1.54, 1.807) is 0 Å². The Morgan fingerprint density at radius 1 is 0.667 bits per heavy atom. The number of aliphatic hydroxyl groups excluding tert-OH is 1. The van der Waals surface area contributed by atoms with Gasteiger partial charge in [0.25, 0.3) is 0 Å². The molecule has 54 heavy (non-hydrogen) atoms. The molecule has 7 aromatic carbocycles. The third-order valence-corrected chi connectivity index (χ3v) is 11.4. The molecular formula is C48H39B3N2O. The SMILES string of the molecule is B=C(/C(O)=C(C)\C(B)=C(\B)C)c1nc2ccccc2n1-c1cccc(-c2c3c(c(-c4cc5ccccc5c5ccccc45)c4ccccc24)=CCCC=3)c1. The van der Waals surface area contributed by atoms with E-state index in [-0.39, 0.29) is 5.76 Å². The molecule has 1 aliphatic carbocycles. The second kappa shape index (κ2) is 13.4. The van der Waals surface area contributed by atoms with E-state index < -0.39 is 0 Å². The molecule has 0 aliphatic heterocycles. The summed E-state index contributed by atoms with van der Waals surface area (Å²) in [4.78, 5) is 5.05. The number of fused-ring (bicyclic) bond motifs is 6. The zero-order valence-corrected chi connectivity index (χ0v) is 31.2. The number of rotatable bonds is 6. The number of hydrogen-bond donors (Lipinski definition) is 1. The molecule has 256 valence electrons. The van der Waals surface area contributed by atoms with Crippen molar-refractivity contribution in [3.8, 4) is 27.9 Å². The third-order valence-electron chi connectivity index (χ3n) is 11.4. The van der Waals surface area contributed by atoms with E-state index in [1.807, 2.05) is 33.0 Å². The van der Waals surface area contributed by atoms with Crippen molar-refractivity contribution in [2.75, 3.05) is 0 Å². The molecule has 0 atom stereocenters. The van der Waals surface area contributed by atoms with E-state index in [0.717, 1.165) is 51.6 Å². The summed E-state index contributed by atoms with van der Waals surface area (Å²) in [5.41, 5.74) is 11.2. The molecule has 1 aliphatic rings. The molecule has 0 bridgehead atoms. The van der Waals surface area contributed by atoms with Gasteiger partial charge in [0, 0.05) is 0 Å². The average Bonchev–Trinajstić information content (AvgIpc) is 3.61. The van der Waals surface area contributed by atoms with Gasteiger partial charge in [0.05, 0.1) is 0 Å². The van der Waals surface area contributed by atoms with Crippen molar-refractivity contribution in [3.05, 3.63) is 166 Å². The first kappa shape index (κ1) is 33.7. The summed E-state index contributed by atoms with van der Waals surface area (Å²) in [5, 5.41) is 21.7. The van der Waals surface area contributed by atoms with Gasteiger partial charge in [-0.2, -0.15) is 0 Å². The summed E-state index contributed by atoms with van der Waals surface area (Å²) < 4.78 is 2.14. The second-order valence-corrected chi connectivity index (χ2v) is 14.7. The molecule has 0 unspecified atom stereocenters. The first-order chi connectivity index (χ1) is 26.3. The zero-order valence-electron chi connectivity index (χ0n) is 31.2. The van der Waals surface area contributed by atoms with E-state index in [1.165, 1.54) is 59.4 Å². The van der Waals surface area contributed by atoms with E-state index in [9.17, 15) is 5.11 Å². The van der Waals surface area contributed by atoms with Crippen molar-refractivity contribution in [1.29, 1.82) is 0 Å². The average molecular weight is 692 g/mol. The Kier molecular flexibility index (Phi) is 8.35. The number of nitrogens with zero attached hydrogens (tertiary/aromatic N) is 2. The fourth-order valence-electron chi connectivity index (χ4n) is 8.40. The minimum atomic E-state index is 0.156. The van der Waals surface area contributed by atoms with Crippen LogP contribution in [0.3, 0.4) is 0 Å². The van der Waals surface area contributed by atoms with Gasteiger partial charge in [0.15, 0.2) is 0 Å². The second-order valence-electron chi connectivity index (χ2n) is 14.7. The van der Waals surface area contributed by atoms with Crippen molar-refractivity contribution >= 4 is 84.1 Å². The molecule has 1 aromatic heterocycles. The van der Waals surface area contributed by atoms with E-state index >= 15 is 0 Å². The monoisotopic (exact) mass is 692 g/mol. The summed E-state index contributed by atoms with van der Waals surface area (Å²) in [6, 6.07) is 45.8. The molecular weight excluding hydrogens is 653 g/mol. The van der Waals surface area contributed by atoms with Crippen LogP contribution in [0.5, 0.6) is 0 Å². The van der Waals surface area contributed by atoms with Crippen molar-refractivity contribution in [3.63, 3.8) is 0 Å². The van der Waals surface area contributed by atoms with Crippen molar-refractivity contribution in [2.45, 2.75) is 26.7 Å². The third kappa shape index (κ3) is 5.39. The Labute approximate surface area is 318 Å². The number of allylic oxidation sites excluding steroid dienone is 4. The van der Waals surface area contributed by atoms with Crippen molar-refractivity contribution < 1.29 is 5.11 Å². The molecule has 9 rings (SSSR count). The van der Waals surface area contributed by atoms with Crippen LogP contribution in [0.2, 0.25) is 0 Å². The van der Waals surface area contributed by atoms with Crippen LogP contribution in [0, 0.1) is 0 Å². The van der Waals surface area contributed by atoms with Crippen LogP contribution in [0.4, 0.5) is 0 Å². The van der Waals surface area contributed by atoms with Crippen molar-refractivity contribution in [2.24, 2.45) is 0 Å². The van der Waals surface area contributed by atoms with Gasteiger partial charge in [0.1, 0.15) is 0 Å². The predicted molar refractivity (Wildman–Crippen MR) is 238 cm³/mol. The Morgan fingerprint density at radius 2 is 1.28 bits per heavy atom. The molecule has 0 saturated carbocycles. The van der Waals surface area contributed by atoms with Gasteiger partial charge in [-0.25, -0.2) is 0 Å². The van der Waals surface area contributed by atoms with Gasteiger partial charge < -0.3 is 0 Å². The molecule has 0 spiro atoms. The Balaban J connectivity index is 1.31. The Bertz CT molecular complexity index is 3070.